The number of aromatic nitrogens is 2. The summed E-state index contributed by atoms with van der Waals surface area (Å²) in [6, 6.07) is 6.22. The van der Waals surface area contributed by atoms with Crippen LogP contribution in [0.1, 0.15) is 6.92 Å². The van der Waals surface area contributed by atoms with Crippen molar-refractivity contribution in [2.24, 2.45) is 5.84 Å². The van der Waals surface area contributed by atoms with Crippen LogP contribution in [0.2, 0.25) is 0 Å². The summed E-state index contributed by atoms with van der Waals surface area (Å²) in [6.45, 7) is 2.65. The van der Waals surface area contributed by atoms with Crippen LogP contribution in [0.5, 0.6) is 0 Å². The van der Waals surface area contributed by atoms with Gasteiger partial charge in [0.1, 0.15) is 5.82 Å². The number of rotatable bonds is 4. The van der Waals surface area contributed by atoms with Crippen LogP contribution in [0, 0.1) is 5.82 Å². The average Bonchev–Trinajstić information content (AvgIpc) is 2.43. The molecule has 5 nitrogen and oxygen atoms in total. The van der Waals surface area contributed by atoms with E-state index in [0.717, 1.165) is 10.2 Å². The minimum absolute atomic E-state index is 0.272. The Bertz CT molecular complexity index is 561. The van der Waals surface area contributed by atoms with E-state index in [1.807, 2.05) is 11.8 Å². The molecule has 0 bridgehead atoms. The quantitative estimate of drug-likeness (QED) is 0.668. The van der Waals surface area contributed by atoms with E-state index < -0.39 is 0 Å². The van der Waals surface area contributed by atoms with Crippen molar-refractivity contribution in [2.45, 2.75) is 6.92 Å². The molecule has 7 heteroatoms. The van der Waals surface area contributed by atoms with Gasteiger partial charge in [-0.1, -0.05) is 0 Å². The van der Waals surface area contributed by atoms with Gasteiger partial charge >= 0.3 is 0 Å². The van der Waals surface area contributed by atoms with E-state index in [9.17, 15) is 4.39 Å². The number of benzene rings is 1. The molecule has 1 aromatic carbocycles. The van der Waals surface area contributed by atoms with Gasteiger partial charge in [-0.2, -0.15) is 4.98 Å². The lowest BCUT2D eigenvalue weighted by atomic mass is 10.2. The smallest absolute Gasteiger partial charge is 0.239 e. The van der Waals surface area contributed by atoms with E-state index in [0.29, 0.717) is 18.3 Å². The van der Waals surface area contributed by atoms with Crippen molar-refractivity contribution in [2.75, 3.05) is 16.9 Å². The largest absolute Gasteiger partial charge is 0.326 e. The maximum absolute atomic E-state index is 13.0. The third kappa shape index (κ3) is 2.99. The Morgan fingerprint density at radius 3 is 2.63 bits per heavy atom. The Balaban J connectivity index is 2.44. The molecule has 1 heterocycles. The number of hydrazine groups is 1. The summed E-state index contributed by atoms with van der Waals surface area (Å²) in [5.74, 6) is 6.02. The maximum atomic E-state index is 13.0. The van der Waals surface area contributed by atoms with Crippen LogP contribution in [0.15, 0.2) is 34.9 Å². The highest BCUT2D eigenvalue weighted by molar-refractivity contribution is 9.10. The Labute approximate surface area is 118 Å². The molecular weight excluding hydrogens is 313 g/mol. The van der Waals surface area contributed by atoms with Gasteiger partial charge < -0.3 is 4.90 Å². The summed E-state index contributed by atoms with van der Waals surface area (Å²) in [5, 5.41) is 0. The highest BCUT2D eigenvalue weighted by atomic mass is 79.9. The Morgan fingerprint density at radius 2 is 2.05 bits per heavy atom. The van der Waals surface area contributed by atoms with Crippen LogP contribution in [0.4, 0.5) is 21.8 Å². The first kappa shape index (κ1) is 13.7. The molecule has 0 aliphatic rings. The normalized spacial score (nSPS) is 10.3. The molecule has 19 heavy (non-hydrogen) atoms. The van der Waals surface area contributed by atoms with Gasteiger partial charge in [0.2, 0.25) is 5.95 Å². The summed E-state index contributed by atoms with van der Waals surface area (Å²) in [5.41, 5.74) is 3.24. The molecule has 0 saturated heterocycles. The van der Waals surface area contributed by atoms with Crippen LogP contribution >= 0.6 is 15.9 Å². The van der Waals surface area contributed by atoms with Crippen LogP contribution < -0.4 is 16.2 Å². The SMILES string of the molecule is CCN(c1ccc(F)cc1)c1nc(NN)ncc1Br. The summed E-state index contributed by atoms with van der Waals surface area (Å²) >= 11 is 3.40. The predicted octanol–water partition coefficient (Wildman–Crippen LogP) is 2.82. The number of anilines is 3. The van der Waals surface area contributed by atoms with Crippen molar-refractivity contribution in [3.05, 3.63) is 40.8 Å². The standard InChI is InChI=1S/C12H13BrFN5/c1-2-19(9-5-3-8(14)4-6-9)11-10(13)7-16-12(17-11)18-15/h3-7H,2,15H2,1H3,(H,16,17,18). The first-order chi connectivity index (χ1) is 9.15. The second-order valence-corrected chi connectivity index (χ2v) is 4.58. The Kier molecular flexibility index (Phi) is 4.28. The van der Waals surface area contributed by atoms with E-state index in [4.69, 9.17) is 5.84 Å². The van der Waals surface area contributed by atoms with Gasteiger partial charge in [0, 0.05) is 18.4 Å². The third-order valence-electron chi connectivity index (χ3n) is 2.56. The van der Waals surface area contributed by atoms with Crippen molar-refractivity contribution >= 4 is 33.4 Å². The maximum Gasteiger partial charge on any atom is 0.239 e. The van der Waals surface area contributed by atoms with E-state index in [2.05, 4.69) is 31.3 Å². The van der Waals surface area contributed by atoms with Gasteiger partial charge in [0.25, 0.3) is 0 Å². The number of nitrogens with two attached hydrogens (primary N) is 1. The molecule has 3 N–H and O–H groups in total. The Morgan fingerprint density at radius 1 is 1.37 bits per heavy atom. The van der Waals surface area contributed by atoms with Crippen molar-refractivity contribution in [3.8, 4) is 0 Å². The van der Waals surface area contributed by atoms with Gasteiger partial charge in [-0.3, -0.25) is 5.43 Å². The first-order valence-electron chi connectivity index (χ1n) is 5.68. The lowest BCUT2D eigenvalue weighted by molar-refractivity contribution is 0.627. The highest BCUT2D eigenvalue weighted by Crippen LogP contribution is 2.30. The van der Waals surface area contributed by atoms with Gasteiger partial charge in [-0.15, -0.1) is 0 Å². The van der Waals surface area contributed by atoms with E-state index >= 15 is 0 Å². The summed E-state index contributed by atoms with van der Waals surface area (Å²) in [4.78, 5) is 10.2. The average molecular weight is 326 g/mol. The molecule has 1 aromatic heterocycles. The van der Waals surface area contributed by atoms with Crippen molar-refractivity contribution in [3.63, 3.8) is 0 Å². The molecule has 0 unspecified atom stereocenters. The lowest BCUT2D eigenvalue weighted by Crippen LogP contribution is -2.20. The van der Waals surface area contributed by atoms with Crippen molar-refractivity contribution in [1.82, 2.24) is 9.97 Å². The van der Waals surface area contributed by atoms with Crippen LogP contribution in [0.25, 0.3) is 0 Å². The number of nitrogen functional groups attached to an aromatic ring is 1. The van der Waals surface area contributed by atoms with E-state index in [1.54, 1.807) is 18.3 Å². The first-order valence-corrected chi connectivity index (χ1v) is 6.47. The van der Waals surface area contributed by atoms with Crippen molar-refractivity contribution < 1.29 is 4.39 Å². The highest BCUT2D eigenvalue weighted by Gasteiger charge is 2.14. The number of nitrogens with zero attached hydrogens (tertiary/aromatic N) is 3. The second kappa shape index (κ2) is 5.94. The van der Waals surface area contributed by atoms with Crippen LogP contribution in [0.3, 0.4) is 0 Å². The molecule has 0 aliphatic heterocycles. The number of halogens is 2. The fourth-order valence-corrected chi connectivity index (χ4v) is 2.10. The van der Waals surface area contributed by atoms with E-state index in [-0.39, 0.29) is 5.82 Å². The summed E-state index contributed by atoms with van der Waals surface area (Å²) in [7, 11) is 0. The molecule has 0 saturated carbocycles. The van der Waals surface area contributed by atoms with Gasteiger partial charge in [0.15, 0.2) is 5.82 Å². The van der Waals surface area contributed by atoms with Gasteiger partial charge in [-0.25, -0.2) is 15.2 Å². The lowest BCUT2D eigenvalue weighted by Gasteiger charge is -2.23. The molecule has 0 fully saturated rings. The zero-order valence-corrected chi connectivity index (χ0v) is 11.9. The third-order valence-corrected chi connectivity index (χ3v) is 3.12. The summed E-state index contributed by atoms with van der Waals surface area (Å²) in [6.07, 6.45) is 1.61. The number of hydrogen-bond acceptors (Lipinski definition) is 5. The molecular formula is C12H13BrFN5. The second-order valence-electron chi connectivity index (χ2n) is 3.73. The summed E-state index contributed by atoms with van der Waals surface area (Å²) < 4.78 is 13.7. The molecule has 2 rings (SSSR count). The molecule has 0 amide bonds. The van der Waals surface area contributed by atoms with Crippen molar-refractivity contribution in [1.29, 1.82) is 0 Å². The molecule has 0 spiro atoms. The zero-order valence-electron chi connectivity index (χ0n) is 10.3. The fourth-order valence-electron chi connectivity index (χ4n) is 1.69. The fraction of sp³-hybridized carbons (Fsp3) is 0.167. The predicted molar refractivity (Wildman–Crippen MR) is 76.6 cm³/mol. The van der Waals surface area contributed by atoms with Gasteiger partial charge in [-0.05, 0) is 47.1 Å². The zero-order chi connectivity index (χ0) is 13.8. The molecule has 0 aliphatic carbocycles. The van der Waals surface area contributed by atoms with Crippen LogP contribution in [-0.2, 0) is 0 Å². The molecule has 2 aromatic rings. The number of hydrogen-bond donors (Lipinski definition) is 2. The van der Waals surface area contributed by atoms with Crippen LogP contribution in [-0.4, -0.2) is 16.5 Å². The molecule has 100 valence electrons. The topological polar surface area (TPSA) is 67.1 Å². The minimum Gasteiger partial charge on any atom is -0.326 e. The monoisotopic (exact) mass is 325 g/mol. The molecule has 0 radical (unpaired) electrons. The van der Waals surface area contributed by atoms with E-state index in [1.165, 1.54) is 12.1 Å². The molecule has 0 atom stereocenters. The number of nitrogens with one attached hydrogen (secondary N) is 1. The Hall–Kier alpha value is -1.73. The van der Waals surface area contributed by atoms with Gasteiger partial charge in [0.05, 0.1) is 4.47 Å². The minimum atomic E-state index is -0.272.